The summed E-state index contributed by atoms with van der Waals surface area (Å²) in [6, 6.07) is 7.44. The van der Waals surface area contributed by atoms with Gasteiger partial charge in [0.15, 0.2) is 5.78 Å². The molecule has 2 heteroatoms. The van der Waals surface area contributed by atoms with Crippen LogP contribution in [0.5, 0.6) is 5.75 Å². The van der Waals surface area contributed by atoms with Crippen LogP contribution in [0.2, 0.25) is 0 Å². The van der Waals surface area contributed by atoms with Gasteiger partial charge in [0.2, 0.25) is 0 Å². The zero-order chi connectivity index (χ0) is 15.3. The van der Waals surface area contributed by atoms with Crippen LogP contribution in [0.15, 0.2) is 36.4 Å². The van der Waals surface area contributed by atoms with Gasteiger partial charge in [-0.05, 0) is 44.7 Å². The number of hydrogen-bond acceptors (Lipinski definition) is 2. The van der Waals surface area contributed by atoms with Crippen LogP contribution in [0.4, 0.5) is 0 Å². The van der Waals surface area contributed by atoms with Crippen LogP contribution in [-0.4, -0.2) is 12.4 Å². The summed E-state index contributed by atoms with van der Waals surface area (Å²) in [7, 11) is 0. The molecule has 1 rings (SSSR count). The summed E-state index contributed by atoms with van der Waals surface area (Å²) in [5.41, 5.74) is 0.670. The molecule has 2 nitrogen and oxygen atoms in total. The molecule has 1 aromatic carbocycles. The number of carbonyl (C=O) groups is 1. The molecule has 1 aromatic rings. The van der Waals surface area contributed by atoms with Gasteiger partial charge < -0.3 is 4.74 Å². The van der Waals surface area contributed by atoms with E-state index in [4.69, 9.17) is 4.74 Å². The van der Waals surface area contributed by atoms with E-state index in [2.05, 4.69) is 19.1 Å². The number of ether oxygens (including phenoxy) is 1. The largest absolute Gasteiger partial charge is 0.493 e. The molecule has 0 saturated heterocycles. The van der Waals surface area contributed by atoms with E-state index in [1.165, 1.54) is 32.1 Å². The molecule has 0 aliphatic heterocycles. The van der Waals surface area contributed by atoms with Crippen LogP contribution in [0.1, 0.15) is 69.2 Å². The van der Waals surface area contributed by atoms with E-state index in [-0.39, 0.29) is 5.78 Å². The van der Waals surface area contributed by atoms with E-state index in [1.807, 2.05) is 24.3 Å². The Morgan fingerprint density at radius 3 is 2.48 bits per heavy atom. The Morgan fingerprint density at radius 2 is 1.76 bits per heavy atom. The van der Waals surface area contributed by atoms with E-state index in [9.17, 15) is 4.79 Å². The maximum absolute atomic E-state index is 11.5. The predicted molar refractivity (Wildman–Crippen MR) is 89.1 cm³/mol. The summed E-state index contributed by atoms with van der Waals surface area (Å²) in [5, 5.41) is 0. The fourth-order valence-corrected chi connectivity index (χ4v) is 2.19. The van der Waals surface area contributed by atoms with Gasteiger partial charge in [-0.25, -0.2) is 0 Å². The van der Waals surface area contributed by atoms with Crippen molar-refractivity contribution in [3.63, 3.8) is 0 Å². The third kappa shape index (κ3) is 7.69. The van der Waals surface area contributed by atoms with Crippen LogP contribution in [0.25, 0.3) is 0 Å². The SMILES string of the molecule is CCCCCC/C=C\CCCOc1ccccc1C(C)=O. The van der Waals surface area contributed by atoms with Gasteiger partial charge in [0.1, 0.15) is 5.75 Å². The Bertz CT molecular complexity index is 435. The molecule has 0 fully saturated rings. The Kier molecular flexibility index (Phi) is 9.26. The van der Waals surface area contributed by atoms with Crippen molar-refractivity contribution < 1.29 is 9.53 Å². The quantitative estimate of drug-likeness (QED) is 0.302. The molecule has 0 aliphatic rings. The Labute approximate surface area is 129 Å². The van der Waals surface area contributed by atoms with Gasteiger partial charge in [-0.3, -0.25) is 4.79 Å². The minimum atomic E-state index is 0.0533. The maximum atomic E-state index is 11.5. The molecular formula is C19H28O2. The van der Waals surface area contributed by atoms with Gasteiger partial charge in [-0.2, -0.15) is 0 Å². The molecule has 0 spiro atoms. The summed E-state index contributed by atoms with van der Waals surface area (Å²) in [5.74, 6) is 0.756. The highest BCUT2D eigenvalue weighted by Gasteiger charge is 2.06. The van der Waals surface area contributed by atoms with Crippen LogP contribution in [0, 0.1) is 0 Å². The first-order valence-corrected chi connectivity index (χ1v) is 8.13. The summed E-state index contributed by atoms with van der Waals surface area (Å²) < 4.78 is 5.70. The first-order valence-electron chi connectivity index (χ1n) is 8.13. The van der Waals surface area contributed by atoms with Crippen LogP contribution < -0.4 is 4.74 Å². The van der Waals surface area contributed by atoms with Gasteiger partial charge in [-0.15, -0.1) is 0 Å². The number of rotatable bonds is 11. The van der Waals surface area contributed by atoms with Gasteiger partial charge >= 0.3 is 0 Å². The lowest BCUT2D eigenvalue weighted by molar-refractivity contribution is 0.101. The lowest BCUT2D eigenvalue weighted by atomic mass is 10.1. The smallest absolute Gasteiger partial charge is 0.163 e. The highest BCUT2D eigenvalue weighted by atomic mass is 16.5. The van der Waals surface area contributed by atoms with Crippen LogP contribution in [0.3, 0.4) is 0 Å². The standard InChI is InChI=1S/C19H28O2/c1-3-4-5-6-7-8-9-10-13-16-21-19-15-12-11-14-18(19)17(2)20/h8-9,11-12,14-15H,3-7,10,13,16H2,1-2H3/b9-8-. The zero-order valence-electron chi connectivity index (χ0n) is 13.4. The highest BCUT2D eigenvalue weighted by molar-refractivity contribution is 5.96. The molecule has 0 amide bonds. The molecule has 0 unspecified atom stereocenters. The summed E-state index contributed by atoms with van der Waals surface area (Å²) >= 11 is 0. The second-order valence-electron chi connectivity index (χ2n) is 5.36. The molecular weight excluding hydrogens is 260 g/mol. The Hall–Kier alpha value is -1.57. The van der Waals surface area contributed by atoms with Crippen molar-refractivity contribution in [2.45, 2.75) is 58.8 Å². The van der Waals surface area contributed by atoms with Crippen molar-refractivity contribution in [3.8, 4) is 5.75 Å². The molecule has 0 atom stereocenters. The Balaban J connectivity index is 2.14. The summed E-state index contributed by atoms with van der Waals surface area (Å²) in [6.45, 7) is 4.47. The number of unbranched alkanes of at least 4 members (excludes halogenated alkanes) is 5. The first-order chi connectivity index (χ1) is 10.3. The van der Waals surface area contributed by atoms with E-state index < -0.39 is 0 Å². The van der Waals surface area contributed by atoms with Crippen molar-refractivity contribution in [3.05, 3.63) is 42.0 Å². The van der Waals surface area contributed by atoms with E-state index in [0.29, 0.717) is 17.9 Å². The number of benzene rings is 1. The fraction of sp³-hybridized carbons (Fsp3) is 0.526. The van der Waals surface area contributed by atoms with Crippen molar-refractivity contribution >= 4 is 5.78 Å². The minimum Gasteiger partial charge on any atom is -0.493 e. The van der Waals surface area contributed by atoms with Crippen LogP contribution >= 0.6 is 0 Å². The molecule has 116 valence electrons. The molecule has 0 aliphatic carbocycles. The van der Waals surface area contributed by atoms with Crippen molar-refractivity contribution in [1.29, 1.82) is 0 Å². The van der Waals surface area contributed by atoms with E-state index in [0.717, 1.165) is 12.8 Å². The first kappa shape index (κ1) is 17.5. The normalized spacial score (nSPS) is 11.0. The molecule has 0 heterocycles. The third-order valence-electron chi connectivity index (χ3n) is 3.43. The summed E-state index contributed by atoms with van der Waals surface area (Å²) in [4.78, 5) is 11.5. The fourth-order valence-electron chi connectivity index (χ4n) is 2.19. The number of Topliss-reactive ketones (excluding diaryl/α,β-unsaturated/α-hetero) is 1. The lowest BCUT2D eigenvalue weighted by Gasteiger charge is -2.08. The highest BCUT2D eigenvalue weighted by Crippen LogP contribution is 2.18. The van der Waals surface area contributed by atoms with Gasteiger partial charge in [-0.1, -0.05) is 50.5 Å². The summed E-state index contributed by atoms with van der Waals surface area (Å²) in [6.07, 6.45) is 13.0. The minimum absolute atomic E-state index is 0.0533. The molecule has 0 bridgehead atoms. The number of allylic oxidation sites excluding steroid dienone is 2. The maximum Gasteiger partial charge on any atom is 0.163 e. The molecule has 0 N–H and O–H groups in total. The van der Waals surface area contributed by atoms with E-state index >= 15 is 0 Å². The van der Waals surface area contributed by atoms with Crippen molar-refractivity contribution in [2.75, 3.05) is 6.61 Å². The second kappa shape index (κ2) is 11.1. The second-order valence-corrected chi connectivity index (χ2v) is 5.36. The number of para-hydroxylation sites is 1. The Morgan fingerprint density at radius 1 is 1.05 bits per heavy atom. The third-order valence-corrected chi connectivity index (χ3v) is 3.43. The zero-order valence-corrected chi connectivity index (χ0v) is 13.4. The molecule has 0 aromatic heterocycles. The van der Waals surface area contributed by atoms with Crippen LogP contribution in [-0.2, 0) is 0 Å². The molecule has 0 saturated carbocycles. The number of carbonyl (C=O) groups excluding carboxylic acids is 1. The predicted octanol–water partition coefficient (Wildman–Crippen LogP) is 5.57. The number of ketones is 1. The number of hydrogen-bond donors (Lipinski definition) is 0. The molecule has 0 radical (unpaired) electrons. The van der Waals surface area contributed by atoms with Gasteiger partial charge in [0, 0.05) is 0 Å². The topological polar surface area (TPSA) is 26.3 Å². The van der Waals surface area contributed by atoms with Gasteiger partial charge in [0.05, 0.1) is 12.2 Å². The molecule has 21 heavy (non-hydrogen) atoms. The monoisotopic (exact) mass is 288 g/mol. The van der Waals surface area contributed by atoms with E-state index in [1.54, 1.807) is 6.92 Å². The van der Waals surface area contributed by atoms with Gasteiger partial charge in [0.25, 0.3) is 0 Å². The average molecular weight is 288 g/mol. The average Bonchev–Trinajstić information content (AvgIpc) is 2.49. The lowest BCUT2D eigenvalue weighted by Crippen LogP contribution is -2.02. The van der Waals surface area contributed by atoms with Crippen molar-refractivity contribution in [2.24, 2.45) is 0 Å². The van der Waals surface area contributed by atoms with Crippen molar-refractivity contribution in [1.82, 2.24) is 0 Å².